The number of halogens is 1. The fraction of sp³-hybridized carbons (Fsp3) is 0.571. The summed E-state index contributed by atoms with van der Waals surface area (Å²) in [4.78, 5) is 10.2. The molecule has 0 radical (unpaired) electrons. The van der Waals surface area contributed by atoms with Crippen LogP contribution in [0.15, 0.2) is 18.2 Å². The van der Waals surface area contributed by atoms with Gasteiger partial charge in [0, 0.05) is 18.7 Å². The van der Waals surface area contributed by atoms with Crippen LogP contribution in [0.3, 0.4) is 0 Å². The molecule has 2 atom stereocenters. The molecule has 2 unspecified atom stereocenters. The maximum Gasteiger partial charge on any atom is 0.270 e. The molecule has 1 fully saturated rings. The molecule has 2 N–H and O–H groups in total. The second-order valence-electron chi connectivity index (χ2n) is 5.35. The van der Waals surface area contributed by atoms with Gasteiger partial charge in [-0.2, -0.15) is 0 Å². The van der Waals surface area contributed by atoms with E-state index < -0.39 is 4.92 Å². The number of hydrogen-bond acceptors (Lipinski definition) is 4. The van der Waals surface area contributed by atoms with E-state index in [9.17, 15) is 15.2 Å². The molecule has 0 aliphatic heterocycles. The first kappa shape index (κ1) is 15.2. The van der Waals surface area contributed by atoms with Crippen molar-refractivity contribution in [2.24, 2.45) is 5.92 Å². The molecule has 0 amide bonds. The van der Waals surface area contributed by atoms with Crippen LogP contribution in [0.1, 0.15) is 31.2 Å². The Morgan fingerprint density at radius 3 is 2.90 bits per heavy atom. The zero-order valence-electron chi connectivity index (χ0n) is 11.2. The molecule has 1 aromatic carbocycles. The summed E-state index contributed by atoms with van der Waals surface area (Å²) in [6, 6.07) is 4.53. The lowest BCUT2D eigenvalue weighted by Crippen LogP contribution is -2.28. The molecule has 110 valence electrons. The summed E-state index contributed by atoms with van der Waals surface area (Å²) in [6.07, 6.45) is 3.80. The number of aliphatic hydroxyl groups is 1. The van der Waals surface area contributed by atoms with Crippen molar-refractivity contribution >= 4 is 17.3 Å². The summed E-state index contributed by atoms with van der Waals surface area (Å²) >= 11 is 6.03. The van der Waals surface area contributed by atoms with Gasteiger partial charge >= 0.3 is 0 Å². The maximum atomic E-state index is 10.6. The average molecular weight is 299 g/mol. The van der Waals surface area contributed by atoms with Crippen molar-refractivity contribution in [1.29, 1.82) is 0 Å². The minimum atomic E-state index is -0.452. The van der Waals surface area contributed by atoms with Crippen molar-refractivity contribution in [1.82, 2.24) is 5.32 Å². The van der Waals surface area contributed by atoms with E-state index in [-0.39, 0.29) is 11.8 Å². The highest BCUT2D eigenvalue weighted by Gasteiger charge is 2.19. The van der Waals surface area contributed by atoms with Crippen LogP contribution in [0.2, 0.25) is 5.02 Å². The van der Waals surface area contributed by atoms with E-state index >= 15 is 0 Å². The number of benzene rings is 1. The molecule has 5 nitrogen and oxygen atoms in total. The number of nitro benzene ring substituents is 1. The summed E-state index contributed by atoms with van der Waals surface area (Å²) in [5, 5.41) is 24.0. The van der Waals surface area contributed by atoms with Crippen molar-refractivity contribution in [3.05, 3.63) is 38.9 Å². The first-order valence-electron chi connectivity index (χ1n) is 6.88. The van der Waals surface area contributed by atoms with Crippen LogP contribution < -0.4 is 5.32 Å². The monoisotopic (exact) mass is 298 g/mol. The molecule has 1 aliphatic carbocycles. The number of hydrogen-bond donors (Lipinski definition) is 2. The van der Waals surface area contributed by atoms with Crippen molar-refractivity contribution in [3.8, 4) is 0 Å². The Balaban J connectivity index is 1.83. The van der Waals surface area contributed by atoms with Crippen LogP contribution in [0.4, 0.5) is 5.69 Å². The summed E-state index contributed by atoms with van der Waals surface area (Å²) < 4.78 is 0. The van der Waals surface area contributed by atoms with Gasteiger partial charge in [-0.15, -0.1) is 0 Å². The van der Waals surface area contributed by atoms with E-state index in [1.54, 1.807) is 6.07 Å². The number of nitrogens with one attached hydrogen (secondary N) is 1. The standard InChI is InChI=1S/C14H19ClN2O3/c15-14-7-12(17(19)20)5-4-11(14)9-16-8-10-2-1-3-13(18)6-10/h4-5,7,10,13,16,18H,1-3,6,8-9H2. The summed E-state index contributed by atoms with van der Waals surface area (Å²) in [5.74, 6) is 0.496. The van der Waals surface area contributed by atoms with E-state index in [0.29, 0.717) is 17.5 Å². The lowest BCUT2D eigenvalue weighted by Gasteiger charge is -2.26. The van der Waals surface area contributed by atoms with Crippen LogP contribution >= 0.6 is 11.6 Å². The quantitative estimate of drug-likeness (QED) is 0.647. The summed E-state index contributed by atoms with van der Waals surface area (Å²) in [5.41, 5.74) is 0.864. The van der Waals surface area contributed by atoms with Crippen molar-refractivity contribution in [2.75, 3.05) is 6.54 Å². The number of aliphatic hydroxyl groups excluding tert-OH is 1. The van der Waals surface area contributed by atoms with Gasteiger partial charge in [-0.3, -0.25) is 10.1 Å². The number of nitro groups is 1. The van der Waals surface area contributed by atoms with Crippen molar-refractivity contribution < 1.29 is 10.0 Å². The zero-order chi connectivity index (χ0) is 14.5. The second-order valence-corrected chi connectivity index (χ2v) is 5.76. The Morgan fingerprint density at radius 1 is 1.45 bits per heavy atom. The molecule has 1 aromatic rings. The predicted octanol–water partition coefficient (Wildman–Crippen LogP) is 2.89. The van der Waals surface area contributed by atoms with E-state index in [4.69, 9.17) is 11.6 Å². The first-order valence-corrected chi connectivity index (χ1v) is 7.25. The first-order chi connectivity index (χ1) is 9.56. The molecule has 0 aromatic heterocycles. The molecular weight excluding hydrogens is 280 g/mol. The van der Waals surface area contributed by atoms with Crippen LogP contribution in [-0.2, 0) is 6.54 Å². The Hall–Kier alpha value is -1.17. The van der Waals surface area contributed by atoms with Crippen molar-refractivity contribution in [2.45, 2.75) is 38.3 Å². The highest BCUT2D eigenvalue weighted by atomic mass is 35.5. The molecule has 0 saturated heterocycles. The Labute approximate surface area is 123 Å². The molecule has 1 saturated carbocycles. The summed E-state index contributed by atoms with van der Waals surface area (Å²) in [7, 11) is 0. The molecule has 6 heteroatoms. The number of rotatable bonds is 5. The lowest BCUT2D eigenvalue weighted by atomic mass is 9.87. The van der Waals surface area contributed by atoms with Crippen LogP contribution in [0, 0.1) is 16.0 Å². The van der Waals surface area contributed by atoms with E-state index in [1.807, 2.05) is 0 Å². The van der Waals surface area contributed by atoms with E-state index in [1.165, 1.54) is 12.1 Å². The third-order valence-corrected chi connectivity index (χ3v) is 4.10. The molecule has 1 aliphatic rings. The maximum absolute atomic E-state index is 10.6. The number of non-ortho nitro benzene ring substituents is 1. The Kier molecular flexibility index (Phi) is 5.34. The number of nitrogens with zero attached hydrogens (tertiary/aromatic N) is 1. The van der Waals surface area contributed by atoms with Gasteiger partial charge in [0.1, 0.15) is 0 Å². The summed E-state index contributed by atoms with van der Waals surface area (Å²) in [6.45, 7) is 1.42. The fourth-order valence-electron chi connectivity index (χ4n) is 2.65. The normalized spacial score (nSPS) is 22.7. The highest BCUT2D eigenvalue weighted by molar-refractivity contribution is 6.31. The largest absolute Gasteiger partial charge is 0.393 e. The average Bonchev–Trinajstić information content (AvgIpc) is 2.40. The zero-order valence-corrected chi connectivity index (χ0v) is 12.0. The molecule has 2 rings (SSSR count). The second kappa shape index (κ2) is 7.02. The molecule has 0 bridgehead atoms. The van der Waals surface area contributed by atoms with Gasteiger partial charge in [-0.1, -0.05) is 18.0 Å². The third kappa shape index (κ3) is 4.16. The van der Waals surface area contributed by atoms with Gasteiger partial charge in [0.2, 0.25) is 0 Å². The Bertz CT molecular complexity index is 481. The topological polar surface area (TPSA) is 75.4 Å². The van der Waals surface area contributed by atoms with Crippen molar-refractivity contribution in [3.63, 3.8) is 0 Å². The Morgan fingerprint density at radius 2 is 2.25 bits per heavy atom. The predicted molar refractivity (Wildman–Crippen MR) is 77.8 cm³/mol. The van der Waals surface area contributed by atoms with Gasteiger partial charge < -0.3 is 10.4 Å². The molecular formula is C14H19ClN2O3. The van der Waals surface area contributed by atoms with Crippen LogP contribution in [0.5, 0.6) is 0 Å². The smallest absolute Gasteiger partial charge is 0.270 e. The van der Waals surface area contributed by atoms with E-state index in [0.717, 1.165) is 37.8 Å². The van der Waals surface area contributed by atoms with Gasteiger partial charge in [-0.05, 0) is 43.4 Å². The van der Waals surface area contributed by atoms with Gasteiger partial charge in [-0.25, -0.2) is 0 Å². The SMILES string of the molecule is O=[N+]([O-])c1ccc(CNCC2CCCC(O)C2)c(Cl)c1. The van der Waals surface area contributed by atoms with Gasteiger partial charge in [0.25, 0.3) is 5.69 Å². The third-order valence-electron chi connectivity index (χ3n) is 3.75. The highest BCUT2D eigenvalue weighted by Crippen LogP contribution is 2.25. The minimum Gasteiger partial charge on any atom is -0.393 e. The van der Waals surface area contributed by atoms with Crippen LogP contribution in [-0.4, -0.2) is 22.7 Å². The lowest BCUT2D eigenvalue weighted by molar-refractivity contribution is -0.384. The van der Waals surface area contributed by atoms with Crippen LogP contribution in [0.25, 0.3) is 0 Å². The van der Waals surface area contributed by atoms with E-state index in [2.05, 4.69) is 5.32 Å². The minimum absolute atomic E-state index is 0.00847. The molecule has 0 heterocycles. The molecule has 20 heavy (non-hydrogen) atoms. The fourth-order valence-corrected chi connectivity index (χ4v) is 2.89. The molecule has 0 spiro atoms. The van der Waals surface area contributed by atoms with Gasteiger partial charge in [0.15, 0.2) is 0 Å². The van der Waals surface area contributed by atoms with Gasteiger partial charge in [0.05, 0.1) is 16.0 Å².